The van der Waals surface area contributed by atoms with Gasteiger partial charge in [0, 0.05) is 6.07 Å². The Morgan fingerprint density at radius 2 is 1.94 bits per heavy atom. The van der Waals surface area contributed by atoms with Crippen LogP contribution in [-0.2, 0) is 4.79 Å². The Balaban J connectivity index is 2.15. The van der Waals surface area contributed by atoms with E-state index < -0.39 is 11.9 Å². The molecule has 0 spiro atoms. The van der Waals surface area contributed by atoms with E-state index in [0.717, 1.165) is 12.1 Å². The van der Waals surface area contributed by atoms with Gasteiger partial charge >= 0.3 is 0 Å². The van der Waals surface area contributed by atoms with Gasteiger partial charge in [0.25, 0.3) is 0 Å². The molecule has 1 aromatic carbocycles. The van der Waals surface area contributed by atoms with E-state index in [-0.39, 0.29) is 17.3 Å². The second kappa shape index (κ2) is 4.18. The molecule has 0 unspecified atom stereocenters. The van der Waals surface area contributed by atoms with Gasteiger partial charge in [0.15, 0.2) is 17.3 Å². The van der Waals surface area contributed by atoms with Crippen LogP contribution in [0.15, 0.2) is 42.5 Å². The number of benzene rings is 1. The van der Waals surface area contributed by atoms with Crippen LogP contribution in [0.3, 0.4) is 0 Å². The highest BCUT2D eigenvalue weighted by molar-refractivity contribution is 6.00. The Labute approximate surface area is 91.5 Å². The third-order valence-electron chi connectivity index (χ3n) is 2.09. The van der Waals surface area contributed by atoms with Gasteiger partial charge in [0.05, 0.1) is 0 Å². The second-order valence-electron chi connectivity index (χ2n) is 3.32. The number of phenolic OH excluding ortho intramolecular Hbond substituents is 1. The molecule has 3 nitrogen and oxygen atoms in total. The molecule has 1 N–H and O–H groups in total. The van der Waals surface area contributed by atoms with Gasteiger partial charge in [-0.3, -0.25) is 4.79 Å². The number of carbonyl (C=O) groups excluding carboxylic acids is 1. The topological polar surface area (TPSA) is 46.5 Å². The number of carbonyl (C=O) groups is 1. The van der Waals surface area contributed by atoms with Crippen molar-refractivity contribution in [1.82, 2.24) is 0 Å². The predicted octanol–water partition coefficient (Wildman–Crippen LogP) is 1.97. The van der Waals surface area contributed by atoms with Crippen LogP contribution in [-0.4, -0.2) is 17.0 Å². The van der Waals surface area contributed by atoms with Gasteiger partial charge in [-0.05, 0) is 36.4 Å². The highest BCUT2D eigenvalue weighted by Gasteiger charge is 2.11. The Bertz CT molecular complexity index is 461. The lowest BCUT2D eigenvalue weighted by Crippen LogP contribution is -2.14. The van der Waals surface area contributed by atoms with Crippen molar-refractivity contribution >= 4 is 5.78 Å². The van der Waals surface area contributed by atoms with Gasteiger partial charge in [0.1, 0.15) is 11.9 Å². The minimum Gasteiger partial charge on any atom is -0.504 e. The van der Waals surface area contributed by atoms with Crippen molar-refractivity contribution in [2.24, 2.45) is 0 Å². The lowest BCUT2D eigenvalue weighted by atomic mass is 10.1. The molecule has 0 radical (unpaired) electrons. The molecule has 0 atom stereocenters. The van der Waals surface area contributed by atoms with Crippen molar-refractivity contribution in [3.05, 3.63) is 48.3 Å². The first-order chi connectivity index (χ1) is 7.65. The summed E-state index contributed by atoms with van der Waals surface area (Å²) in [5.41, 5.74) is 0. The van der Waals surface area contributed by atoms with Crippen molar-refractivity contribution in [2.45, 2.75) is 6.10 Å². The summed E-state index contributed by atoms with van der Waals surface area (Å²) in [6.07, 6.45) is 5.33. The zero-order valence-electron chi connectivity index (χ0n) is 8.26. The quantitative estimate of drug-likeness (QED) is 0.828. The molecule has 1 aliphatic carbocycles. The van der Waals surface area contributed by atoms with E-state index in [0.29, 0.717) is 0 Å². The van der Waals surface area contributed by atoms with Crippen molar-refractivity contribution in [2.75, 3.05) is 0 Å². The average Bonchev–Trinajstić information content (AvgIpc) is 2.27. The number of aromatic hydroxyl groups is 1. The van der Waals surface area contributed by atoms with E-state index >= 15 is 0 Å². The summed E-state index contributed by atoms with van der Waals surface area (Å²) in [6, 6.07) is 3.44. The van der Waals surface area contributed by atoms with Crippen LogP contribution in [0.5, 0.6) is 11.5 Å². The highest BCUT2D eigenvalue weighted by atomic mass is 19.1. The first-order valence-electron chi connectivity index (χ1n) is 4.71. The Morgan fingerprint density at radius 1 is 1.25 bits per heavy atom. The minimum atomic E-state index is -0.493. The first-order valence-corrected chi connectivity index (χ1v) is 4.71. The molecular weight excluding hydrogens is 211 g/mol. The van der Waals surface area contributed by atoms with Gasteiger partial charge in [-0.2, -0.15) is 0 Å². The molecular formula is C12H9FO3. The Morgan fingerprint density at radius 3 is 2.62 bits per heavy atom. The van der Waals surface area contributed by atoms with Gasteiger partial charge in [-0.25, -0.2) is 4.39 Å². The number of hydrogen-bond donors (Lipinski definition) is 1. The average molecular weight is 220 g/mol. The fourth-order valence-corrected chi connectivity index (χ4v) is 1.31. The lowest BCUT2D eigenvalue weighted by molar-refractivity contribution is -0.110. The van der Waals surface area contributed by atoms with Crippen LogP contribution in [0.1, 0.15) is 0 Å². The molecule has 1 aromatic rings. The van der Waals surface area contributed by atoms with E-state index in [1.54, 1.807) is 0 Å². The zero-order chi connectivity index (χ0) is 11.5. The third-order valence-corrected chi connectivity index (χ3v) is 2.09. The third kappa shape index (κ3) is 2.28. The van der Waals surface area contributed by atoms with Gasteiger partial charge in [0.2, 0.25) is 0 Å². The number of hydrogen-bond acceptors (Lipinski definition) is 3. The number of ether oxygens (including phenoxy) is 1. The predicted molar refractivity (Wildman–Crippen MR) is 55.8 cm³/mol. The zero-order valence-corrected chi connectivity index (χ0v) is 8.26. The molecule has 0 aromatic heterocycles. The van der Waals surface area contributed by atoms with Crippen molar-refractivity contribution in [3.63, 3.8) is 0 Å². The molecule has 2 rings (SSSR count). The highest BCUT2D eigenvalue weighted by Crippen LogP contribution is 2.27. The van der Waals surface area contributed by atoms with E-state index in [2.05, 4.69) is 0 Å². The summed E-state index contributed by atoms with van der Waals surface area (Å²) >= 11 is 0. The fraction of sp³-hybridized carbons (Fsp3) is 0.0833. The standard InChI is InChI=1S/C12H9FO3/c13-8-1-6-11(15)12(7-8)16-10-4-2-9(14)3-5-10/h1-7,10,15H. The number of ketones is 1. The van der Waals surface area contributed by atoms with Crippen molar-refractivity contribution in [3.8, 4) is 11.5 Å². The summed E-state index contributed by atoms with van der Waals surface area (Å²) < 4.78 is 18.2. The van der Waals surface area contributed by atoms with Crippen LogP contribution >= 0.6 is 0 Å². The summed E-state index contributed by atoms with van der Waals surface area (Å²) in [4.78, 5) is 10.8. The molecule has 0 amide bonds. The molecule has 82 valence electrons. The van der Waals surface area contributed by atoms with Gasteiger partial charge in [-0.1, -0.05) is 0 Å². The van der Waals surface area contributed by atoms with E-state index in [9.17, 15) is 14.3 Å². The normalized spacial score (nSPS) is 15.4. The summed E-state index contributed by atoms with van der Waals surface area (Å²) in [5, 5.41) is 9.41. The van der Waals surface area contributed by atoms with Crippen LogP contribution in [0.25, 0.3) is 0 Å². The Kier molecular flexibility index (Phi) is 2.72. The van der Waals surface area contributed by atoms with Crippen LogP contribution in [0.2, 0.25) is 0 Å². The maximum atomic E-state index is 12.9. The molecule has 0 bridgehead atoms. The summed E-state index contributed by atoms with van der Waals surface area (Å²) in [5.74, 6) is -0.704. The second-order valence-corrected chi connectivity index (χ2v) is 3.32. The first kappa shape index (κ1) is 10.4. The van der Waals surface area contributed by atoms with Crippen LogP contribution in [0, 0.1) is 5.82 Å². The summed E-state index contributed by atoms with van der Waals surface area (Å²) in [7, 11) is 0. The largest absolute Gasteiger partial charge is 0.504 e. The van der Waals surface area contributed by atoms with E-state index in [4.69, 9.17) is 4.74 Å². The summed E-state index contributed by atoms with van der Waals surface area (Å²) in [6.45, 7) is 0. The molecule has 0 fully saturated rings. The van der Waals surface area contributed by atoms with Gasteiger partial charge in [-0.15, -0.1) is 0 Å². The smallest absolute Gasteiger partial charge is 0.178 e. The Hall–Kier alpha value is -2.10. The number of allylic oxidation sites excluding steroid dienone is 2. The lowest BCUT2D eigenvalue weighted by Gasteiger charge is -2.14. The SMILES string of the molecule is O=C1C=CC(Oc2cc(F)ccc2O)C=C1. The molecule has 0 saturated heterocycles. The molecule has 4 heteroatoms. The van der Waals surface area contributed by atoms with Crippen LogP contribution < -0.4 is 4.74 Å². The number of halogens is 1. The number of phenols is 1. The monoisotopic (exact) mass is 220 g/mol. The number of rotatable bonds is 2. The van der Waals surface area contributed by atoms with Gasteiger partial charge < -0.3 is 9.84 Å². The van der Waals surface area contributed by atoms with Crippen molar-refractivity contribution < 1.29 is 19.0 Å². The molecule has 0 heterocycles. The van der Waals surface area contributed by atoms with Crippen molar-refractivity contribution in [1.29, 1.82) is 0 Å². The van der Waals surface area contributed by atoms with E-state index in [1.807, 2.05) is 0 Å². The molecule has 0 saturated carbocycles. The maximum Gasteiger partial charge on any atom is 0.178 e. The minimum absolute atomic E-state index is 0.0497. The molecule has 0 aliphatic heterocycles. The molecule has 16 heavy (non-hydrogen) atoms. The van der Waals surface area contributed by atoms with Crippen LogP contribution in [0.4, 0.5) is 4.39 Å². The maximum absolute atomic E-state index is 12.9. The fourth-order valence-electron chi connectivity index (χ4n) is 1.31. The van der Waals surface area contributed by atoms with E-state index in [1.165, 1.54) is 30.4 Å². The molecule has 1 aliphatic rings.